The zero-order valence-electron chi connectivity index (χ0n) is 22.7. The van der Waals surface area contributed by atoms with Crippen molar-refractivity contribution in [3.8, 4) is 5.88 Å². The average molecular weight is 531 g/mol. The number of hydrogen-bond acceptors (Lipinski definition) is 9. The van der Waals surface area contributed by atoms with E-state index >= 15 is 0 Å². The minimum absolute atomic E-state index is 0.0227. The molecule has 10 heteroatoms. The molecular weight excluding hydrogens is 496 g/mol. The summed E-state index contributed by atoms with van der Waals surface area (Å²) in [5.41, 5.74) is 7.92. The number of fused-ring (bicyclic) bond motifs is 2. The number of likely N-dealkylation sites (tertiary alicyclic amines) is 1. The van der Waals surface area contributed by atoms with Gasteiger partial charge in [-0.2, -0.15) is 0 Å². The van der Waals surface area contributed by atoms with Gasteiger partial charge in [-0.15, -0.1) is 0 Å². The van der Waals surface area contributed by atoms with E-state index in [2.05, 4.69) is 15.3 Å². The second-order valence-corrected chi connectivity index (χ2v) is 11.6. The van der Waals surface area contributed by atoms with E-state index in [0.29, 0.717) is 41.9 Å². The van der Waals surface area contributed by atoms with Gasteiger partial charge in [0.1, 0.15) is 23.8 Å². The quantitative estimate of drug-likeness (QED) is 0.454. The van der Waals surface area contributed by atoms with Gasteiger partial charge in [-0.05, 0) is 62.8 Å². The predicted octanol–water partition coefficient (Wildman–Crippen LogP) is 4.01. The molecule has 3 atom stereocenters. The molecular formula is C29H34N6O4. The maximum atomic E-state index is 12.5. The summed E-state index contributed by atoms with van der Waals surface area (Å²) in [7, 11) is 0. The first-order valence-electron chi connectivity index (χ1n) is 13.6. The lowest BCUT2D eigenvalue weighted by atomic mass is 9.93. The van der Waals surface area contributed by atoms with E-state index in [4.69, 9.17) is 20.2 Å². The van der Waals surface area contributed by atoms with Gasteiger partial charge < -0.3 is 25.4 Å². The summed E-state index contributed by atoms with van der Waals surface area (Å²) < 4.78 is 11.7. The lowest BCUT2D eigenvalue weighted by Crippen LogP contribution is -2.32. The topological polar surface area (TPSA) is 133 Å². The molecule has 3 aromatic heterocycles. The molecule has 1 amide bonds. The van der Waals surface area contributed by atoms with E-state index in [0.717, 1.165) is 35.6 Å². The van der Waals surface area contributed by atoms with Crippen molar-refractivity contribution in [2.45, 2.75) is 70.6 Å². The molecule has 2 aliphatic heterocycles. The van der Waals surface area contributed by atoms with Crippen molar-refractivity contribution in [2.75, 3.05) is 18.4 Å². The fraction of sp³-hybridized carbons (Fsp3) is 0.483. The number of nitrogens with two attached hydrogens (primary N) is 1. The molecule has 39 heavy (non-hydrogen) atoms. The second kappa shape index (κ2) is 9.44. The summed E-state index contributed by atoms with van der Waals surface area (Å²) in [6, 6.07) is 5.41. The molecule has 0 spiro atoms. The van der Waals surface area contributed by atoms with E-state index in [1.165, 1.54) is 0 Å². The third-order valence-electron chi connectivity index (χ3n) is 7.92. The molecule has 3 aromatic rings. The van der Waals surface area contributed by atoms with Crippen LogP contribution in [0, 0.1) is 5.92 Å². The van der Waals surface area contributed by atoms with Gasteiger partial charge in [0.25, 0.3) is 0 Å². The van der Waals surface area contributed by atoms with Crippen LogP contribution in [0.1, 0.15) is 74.5 Å². The van der Waals surface area contributed by atoms with Gasteiger partial charge in [-0.25, -0.2) is 19.7 Å². The van der Waals surface area contributed by atoms with Crippen LogP contribution in [0.15, 0.2) is 30.6 Å². The van der Waals surface area contributed by atoms with E-state index in [1.54, 1.807) is 24.5 Å². The highest BCUT2D eigenvalue weighted by Crippen LogP contribution is 2.36. The van der Waals surface area contributed by atoms with Crippen LogP contribution in [0.2, 0.25) is 0 Å². The second-order valence-electron chi connectivity index (χ2n) is 11.6. The number of hydrogen-bond donors (Lipinski definition) is 2. The number of carbonyl (C=O) groups excluding carboxylic acids is 2. The molecule has 3 aliphatic rings. The molecule has 3 N–H and O–H groups in total. The van der Waals surface area contributed by atoms with Gasteiger partial charge in [0.2, 0.25) is 11.8 Å². The number of anilines is 2. The van der Waals surface area contributed by atoms with Crippen molar-refractivity contribution in [3.63, 3.8) is 0 Å². The number of aromatic nitrogens is 3. The molecule has 0 radical (unpaired) electrons. The van der Waals surface area contributed by atoms with Crippen LogP contribution < -0.4 is 15.8 Å². The van der Waals surface area contributed by atoms with E-state index < -0.39 is 5.54 Å². The van der Waals surface area contributed by atoms with Crippen molar-refractivity contribution >= 4 is 34.3 Å². The van der Waals surface area contributed by atoms with Crippen LogP contribution in [0.25, 0.3) is 10.8 Å². The van der Waals surface area contributed by atoms with Crippen molar-refractivity contribution < 1.29 is 19.1 Å². The summed E-state index contributed by atoms with van der Waals surface area (Å²) in [4.78, 5) is 40.6. The average Bonchev–Trinajstić information content (AvgIpc) is 3.64. The molecule has 1 saturated heterocycles. The Kier molecular flexibility index (Phi) is 6.17. The number of carbonyl (C=O) groups is 2. The first kappa shape index (κ1) is 25.5. The van der Waals surface area contributed by atoms with E-state index in [9.17, 15) is 9.59 Å². The number of ether oxygens (including phenoxy) is 2. The minimum atomic E-state index is -0.654. The Bertz CT molecular complexity index is 1460. The van der Waals surface area contributed by atoms with Crippen LogP contribution in [-0.2, 0) is 15.1 Å². The fourth-order valence-electron chi connectivity index (χ4n) is 5.31. The van der Waals surface area contributed by atoms with E-state index in [1.807, 2.05) is 38.7 Å². The Hall–Kier alpha value is -3.79. The lowest BCUT2D eigenvalue weighted by molar-refractivity contribution is -0.131. The van der Waals surface area contributed by atoms with Crippen molar-refractivity contribution in [2.24, 2.45) is 11.7 Å². The molecule has 6 rings (SSSR count). The number of nitrogens with zero attached hydrogens (tertiary/aromatic N) is 4. The largest absolute Gasteiger partial charge is 0.472 e. The zero-order chi connectivity index (χ0) is 27.5. The van der Waals surface area contributed by atoms with Gasteiger partial charge in [0, 0.05) is 42.7 Å². The summed E-state index contributed by atoms with van der Waals surface area (Å²) >= 11 is 0. The molecule has 0 bridgehead atoms. The Balaban J connectivity index is 1.29. The van der Waals surface area contributed by atoms with Gasteiger partial charge in [0.05, 0.1) is 23.2 Å². The number of nitrogens with one attached hydrogen (secondary N) is 1. The van der Waals surface area contributed by atoms with E-state index in [-0.39, 0.29) is 35.9 Å². The number of rotatable bonds is 6. The van der Waals surface area contributed by atoms with Gasteiger partial charge >= 0.3 is 5.97 Å². The van der Waals surface area contributed by atoms with Crippen LogP contribution in [-0.4, -0.2) is 57.0 Å². The summed E-state index contributed by atoms with van der Waals surface area (Å²) in [5, 5.41) is 4.91. The maximum absolute atomic E-state index is 12.5. The minimum Gasteiger partial charge on any atom is -0.472 e. The standard InChI is InChI=1S/C29H34N6O4/c1-15-16(2)38-28(37)19-7-8-23(34-25(15)19)33-24-11-20-21(12-31-24)26(32-13-22(20)29(3,4)30)39-18-9-10-35(14-18)27(36)17-5-6-17/h7-8,11-13,15-18H,5-6,9-10,14,30H2,1-4H3,(H,31,33,34)/t15-,16-,18-/m0/s1. The zero-order valence-corrected chi connectivity index (χ0v) is 22.7. The molecule has 5 heterocycles. The smallest absolute Gasteiger partial charge is 0.340 e. The normalized spacial score (nSPS) is 22.9. The Morgan fingerprint density at radius 2 is 1.92 bits per heavy atom. The molecule has 204 valence electrons. The first-order chi connectivity index (χ1) is 18.6. The maximum Gasteiger partial charge on any atom is 0.340 e. The van der Waals surface area contributed by atoms with Gasteiger partial charge in [0.15, 0.2) is 0 Å². The number of pyridine rings is 3. The highest BCUT2D eigenvalue weighted by Gasteiger charge is 2.37. The molecule has 1 saturated carbocycles. The van der Waals surface area contributed by atoms with Gasteiger partial charge in [-0.3, -0.25) is 4.79 Å². The van der Waals surface area contributed by atoms with Crippen molar-refractivity contribution in [1.82, 2.24) is 19.9 Å². The number of cyclic esters (lactones) is 1. The molecule has 0 aromatic carbocycles. The van der Waals surface area contributed by atoms with Crippen LogP contribution >= 0.6 is 0 Å². The number of esters is 1. The summed E-state index contributed by atoms with van der Waals surface area (Å²) in [6.45, 7) is 9.02. The summed E-state index contributed by atoms with van der Waals surface area (Å²) in [6.07, 6.45) is 5.90. The molecule has 10 nitrogen and oxygen atoms in total. The predicted molar refractivity (Wildman–Crippen MR) is 146 cm³/mol. The van der Waals surface area contributed by atoms with Crippen LogP contribution in [0.4, 0.5) is 11.6 Å². The first-order valence-corrected chi connectivity index (χ1v) is 13.6. The van der Waals surface area contributed by atoms with Gasteiger partial charge in [-0.1, -0.05) is 6.92 Å². The molecule has 0 unspecified atom stereocenters. The van der Waals surface area contributed by atoms with Crippen molar-refractivity contribution in [1.29, 1.82) is 0 Å². The molecule has 1 aliphatic carbocycles. The SMILES string of the molecule is C[C@@H]1OC(=O)c2ccc(Nc3cc4c(C(C)(C)N)cnc(O[C@H]5CCN(C(=O)C6CC6)C5)c4cn3)nc2[C@H]1C. The van der Waals surface area contributed by atoms with Crippen LogP contribution in [0.3, 0.4) is 0 Å². The molecule has 2 fully saturated rings. The Labute approximate surface area is 227 Å². The fourth-order valence-corrected chi connectivity index (χ4v) is 5.31. The lowest BCUT2D eigenvalue weighted by Gasteiger charge is -2.27. The number of amides is 1. The highest BCUT2D eigenvalue weighted by atomic mass is 16.5. The van der Waals surface area contributed by atoms with Crippen molar-refractivity contribution in [3.05, 3.63) is 47.4 Å². The van der Waals surface area contributed by atoms with Crippen LogP contribution in [0.5, 0.6) is 5.88 Å². The third kappa shape index (κ3) is 4.89. The highest BCUT2D eigenvalue weighted by molar-refractivity contribution is 5.93. The monoisotopic (exact) mass is 530 g/mol. The third-order valence-corrected chi connectivity index (χ3v) is 7.92. The summed E-state index contributed by atoms with van der Waals surface area (Å²) in [5.74, 6) is 1.72. The Morgan fingerprint density at radius 3 is 2.67 bits per heavy atom. The Morgan fingerprint density at radius 1 is 1.13 bits per heavy atom.